The highest BCUT2D eigenvalue weighted by Gasteiger charge is 1.98. The average molecular weight is 288 g/mol. The van der Waals surface area contributed by atoms with Crippen molar-refractivity contribution in [2.45, 2.75) is 83.8 Å². The van der Waals surface area contributed by atoms with E-state index in [4.69, 9.17) is 5.11 Å². The van der Waals surface area contributed by atoms with Crippen LogP contribution in [0.5, 0.6) is 0 Å². The van der Waals surface area contributed by atoms with Crippen molar-refractivity contribution in [2.75, 3.05) is 0 Å². The van der Waals surface area contributed by atoms with Gasteiger partial charge in [0.25, 0.3) is 0 Å². The van der Waals surface area contributed by atoms with Crippen molar-refractivity contribution in [1.29, 1.82) is 0 Å². The van der Waals surface area contributed by atoms with Crippen LogP contribution in [-0.4, -0.2) is 16.3 Å². The third-order valence-corrected chi connectivity index (χ3v) is 3.60. The van der Waals surface area contributed by atoms with E-state index in [0.717, 1.165) is 0 Å². The fraction of sp³-hybridized carbons (Fsp3) is 0.812. The third kappa shape index (κ3) is 20.1. The Labute approximate surface area is 125 Å². The van der Waals surface area contributed by atoms with Gasteiger partial charge in [-0.15, -0.1) is 0 Å². The van der Waals surface area contributed by atoms with Crippen LogP contribution in [0.2, 0.25) is 0 Å². The summed E-state index contributed by atoms with van der Waals surface area (Å²) in [6.07, 6.45) is 12.4. The van der Waals surface area contributed by atoms with Gasteiger partial charge in [-0.25, -0.2) is 4.79 Å². The van der Waals surface area contributed by atoms with Gasteiger partial charge in [0.15, 0.2) is 0 Å². The van der Waals surface area contributed by atoms with Gasteiger partial charge in [-0.2, -0.15) is 12.6 Å². The summed E-state index contributed by atoms with van der Waals surface area (Å²) < 4.78 is 0. The molecule has 0 heterocycles. The second-order valence-corrected chi connectivity index (χ2v) is 5.79. The quantitative estimate of drug-likeness (QED) is 0.317. The third-order valence-electron chi connectivity index (χ3n) is 2.98. The van der Waals surface area contributed by atoms with Crippen LogP contribution < -0.4 is 0 Å². The zero-order valence-electron chi connectivity index (χ0n) is 13.0. The van der Waals surface area contributed by atoms with Crippen LogP contribution in [0.1, 0.15) is 78.6 Å². The molecule has 0 fully saturated rings. The minimum absolute atomic E-state index is 0.176. The summed E-state index contributed by atoms with van der Waals surface area (Å²) in [5, 5.41) is 8.54. The predicted octanol–water partition coefficient (Wildman–Crippen LogP) is 5.48. The number of hydrogen-bond donors (Lipinski definition) is 2. The number of unbranched alkanes of at least 4 members (excludes halogenated alkanes) is 6. The van der Waals surface area contributed by atoms with E-state index in [1.54, 1.807) is 0 Å². The highest BCUT2D eigenvalue weighted by molar-refractivity contribution is 7.80. The smallest absolute Gasteiger partial charge is 0.330 e. The molecule has 0 spiro atoms. The van der Waals surface area contributed by atoms with Crippen LogP contribution >= 0.6 is 12.6 Å². The maximum atomic E-state index is 9.60. The molecule has 0 aliphatic carbocycles. The Balaban J connectivity index is 0. The lowest BCUT2D eigenvalue weighted by Gasteiger charge is -2.06. The number of aliphatic carboxylic acids is 1. The van der Waals surface area contributed by atoms with Gasteiger partial charge in [0.2, 0.25) is 0 Å². The molecule has 0 aromatic rings. The van der Waals surface area contributed by atoms with E-state index in [9.17, 15) is 4.79 Å². The molecule has 3 heteroatoms. The molecule has 0 saturated heterocycles. The molecular formula is C16H32O2S. The summed E-state index contributed by atoms with van der Waals surface area (Å²) in [4.78, 5) is 9.60. The Hall–Kier alpha value is -0.440. The van der Waals surface area contributed by atoms with Crippen LogP contribution in [0.15, 0.2) is 12.2 Å². The molecule has 2 nitrogen and oxygen atoms in total. The van der Waals surface area contributed by atoms with E-state index >= 15 is 0 Å². The summed E-state index contributed by atoms with van der Waals surface area (Å²) >= 11 is 4.49. The van der Waals surface area contributed by atoms with Gasteiger partial charge in [0.1, 0.15) is 0 Å². The monoisotopic (exact) mass is 288 g/mol. The topological polar surface area (TPSA) is 37.3 Å². The zero-order chi connectivity index (χ0) is 15.1. The van der Waals surface area contributed by atoms with Gasteiger partial charge < -0.3 is 5.11 Å². The molecule has 0 amide bonds. The van der Waals surface area contributed by atoms with Gasteiger partial charge in [0, 0.05) is 10.8 Å². The fourth-order valence-corrected chi connectivity index (χ4v) is 1.72. The minimum atomic E-state index is -0.935. The highest BCUT2D eigenvalue weighted by atomic mass is 32.1. The van der Waals surface area contributed by atoms with Crippen molar-refractivity contribution in [3.8, 4) is 0 Å². The molecule has 0 aliphatic heterocycles. The molecule has 1 N–H and O–H groups in total. The maximum Gasteiger partial charge on any atom is 0.330 e. The van der Waals surface area contributed by atoms with Gasteiger partial charge in [-0.3, -0.25) is 0 Å². The second-order valence-electron chi connectivity index (χ2n) is 5.06. The molecule has 0 aromatic heterocycles. The number of carboxylic acids is 1. The van der Waals surface area contributed by atoms with Crippen LogP contribution in [0.3, 0.4) is 0 Å². The summed E-state index contributed by atoms with van der Waals surface area (Å²) in [6, 6.07) is 0. The summed E-state index contributed by atoms with van der Waals surface area (Å²) in [5.41, 5.74) is 0.176. The molecule has 19 heavy (non-hydrogen) atoms. The summed E-state index contributed by atoms with van der Waals surface area (Å²) in [6.45, 7) is 9.09. The number of carbonyl (C=O) groups is 1. The van der Waals surface area contributed by atoms with E-state index in [2.05, 4.69) is 33.1 Å². The van der Waals surface area contributed by atoms with E-state index < -0.39 is 5.97 Å². The number of thiol groups is 1. The molecule has 1 atom stereocenters. The zero-order valence-corrected chi connectivity index (χ0v) is 13.8. The first kappa shape index (κ1) is 20.9. The van der Waals surface area contributed by atoms with Crippen molar-refractivity contribution in [3.63, 3.8) is 0 Å². The Bertz CT molecular complexity index is 215. The normalized spacial score (nSPS) is 11.4. The molecule has 0 aliphatic rings. The molecule has 0 rings (SSSR count). The first-order valence-corrected chi connectivity index (χ1v) is 8.04. The van der Waals surface area contributed by atoms with Crippen molar-refractivity contribution in [1.82, 2.24) is 0 Å². The lowest BCUT2D eigenvalue weighted by atomic mass is 10.1. The molecule has 0 saturated carbocycles. The van der Waals surface area contributed by atoms with E-state index in [1.807, 2.05) is 0 Å². The van der Waals surface area contributed by atoms with Gasteiger partial charge in [-0.05, 0) is 19.8 Å². The number of carboxylic acid groups (broad SMARTS) is 1. The van der Waals surface area contributed by atoms with Crippen LogP contribution in [-0.2, 0) is 4.79 Å². The molecule has 0 radical (unpaired) electrons. The van der Waals surface area contributed by atoms with Crippen molar-refractivity contribution in [2.24, 2.45) is 0 Å². The summed E-state index contributed by atoms with van der Waals surface area (Å²) in [5.74, 6) is -0.935. The van der Waals surface area contributed by atoms with Crippen LogP contribution in [0, 0.1) is 0 Å². The van der Waals surface area contributed by atoms with Crippen molar-refractivity contribution in [3.05, 3.63) is 12.2 Å². The Kier molecular flexibility index (Phi) is 17.2. The SMILES string of the molecule is C=C(C)C(=O)O.CCCCCCCCCC(S)CC. The Morgan fingerprint density at radius 3 is 1.89 bits per heavy atom. The Morgan fingerprint density at radius 2 is 1.53 bits per heavy atom. The van der Waals surface area contributed by atoms with Gasteiger partial charge in [-0.1, -0.05) is 65.4 Å². The first-order valence-electron chi connectivity index (χ1n) is 7.52. The molecular weight excluding hydrogens is 256 g/mol. The van der Waals surface area contributed by atoms with Gasteiger partial charge >= 0.3 is 5.97 Å². The maximum absolute atomic E-state index is 9.60. The molecule has 114 valence electrons. The van der Waals surface area contributed by atoms with Crippen LogP contribution in [0.25, 0.3) is 0 Å². The fourth-order valence-electron chi connectivity index (χ4n) is 1.54. The van der Waals surface area contributed by atoms with Gasteiger partial charge in [0.05, 0.1) is 0 Å². The van der Waals surface area contributed by atoms with E-state index in [1.165, 1.54) is 64.7 Å². The molecule has 0 aromatic carbocycles. The average Bonchev–Trinajstić information content (AvgIpc) is 2.38. The minimum Gasteiger partial charge on any atom is -0.478 e. The standard InChI is InChI=1S/C12H26S.C4H6O2/c1-3-5-6-7-8-9-10-11-12(13)4-2;1-3(2)4(5)6/h12-13H,3-11H2,1-2H3;1H2,2H3,(H,5,6). The van der Waals surface area contributed by atoms with E-state index in [-0.39, 0.29) is 5.57 Å². The number of hydrogen-bond acceptors (Lipinski definition) is 2. The second kappa shape index (κ2) is 15.6. The van der Waals surface area contributed by atoms with Crippen molar-refractivity contribution >= 4 is 18.6 Å². The first-order chi connectivity index (χ1) is 8.95. The largest absolute Gasteiger partial charge is 0.478 e. The molecule has 1 unspecified atom stereocenters. The number of rotatable bonds is 10. The predicted molar refractivity (Wildman–Crippen MR) is 88.1 cm³/mol. The van der Waals surface area contributed by atoms with Crippen LogP contribution in [0.4, 0.5) is 0 Å². The lowest BCUT2D eigenvalue weighted by Crippen LogP contribution is -1.95. The lowest BCUT2D eigenvalue weighted by molar-refractivity contribution is -0.132. The highest BCUT2D eigenvalue weighted by Crippen LogP contribution is 2.13. The molecule has 0 bridgehead atoms. The summed E-state index contributed by atoms with van der Waals surface area (Å²) in [7, 11) is 0. The Morgan fingerprint density at radius 1 is 1.11 bits per heavy atom. The van der Waals surface area contributed by atoms with Crippen molar-refractivity contribution < 1.29 is 9.90 Å². The van der Waals surface area contributed by atoms with E-state index in [0.29, 0.717) is 5.25 Å².